The van der Waals surface area contributed by atoms with Crippen LogP contribution in [0.3, 0.4) is 0 Å². The van der Waals surface area contributed by atoms with Gasteiger partial charge in [-0.1, -0.05) is 6.92 Å². The summed E-state index contributed by atoms with van der Waals surface area (Å²) in [5.41, 5.74) is 0. The fourth-order valence-corrected chi connectivity index (χ4v) is 1.19. The average Bonchev–Trinajstić information content (AvgIpc) is 1.95. The van der Waals surface area contributed by atoms with Crippen LogP contribution in [0, 0.1) is 0 Å². The SMILES string of the molecule is CC[C@H]1NCCN(C)C1=O. The molecule has 0 aromatic carbocycles. The number of hydrogen-bond acceptors (Lipinski definition) is 2. The Morgan fingerprint density at radius 1 is 1.80 bits per heavy atom. The summed E-state index contributed by atoms with van der Waals surface area (Å²) in [7, 11) is 1.85. The van der Waals surface area contributed by atoms with E-state index in [0.29, 0.717) is 0 Å². The van der Waals surface area contributed by atoms with Crippen molar-refractivity contribution in [1.82, 2.24) is 10.2 Å². The maximum Gasteiger partial charge on any atom is 0.239 e. The number of rotatable bonds is 1. The van der Waals surface area contributed by atoms with Gasteiger partial charge in [0, 0.05) is 20.1 Å². The highest BCUT2D eigenvalue weighted by molar-refractivity contribution is 5.82. The van der Waals surface area contributed by atoms with Crippen molar-refractivity contribution in [2.75, 3.05) is 20.1 Å². The van der Waals surface area contributed by atoms with E-state index in [0.717, 1.165) is 19.5 Å². The summed E-state index contributed by atoms with van der Waals surface area (Å²) in [6, 6.07) is 0.0683. The third-order valence-electron chi connectivity index (χ3n) is 1.92. The molecule has 1 rings (SSSR count). The molecule has 0 saturated carbocycles. The summed E-state index contributed by atoms with van der Waals surface area (Å²) < 4.78 is 0. The van der Waals surface area contributed by atoms with Crippen LogP contribution in [0.1, 0.15) is 13.3 Å². The fraction of sp³-hybridized carbons (Fsp3) is 0.857. The van der Waals surface area contributed by atoms with E-state index in [4.69, 9.17) is 0 Å². The highest BCUT2D eigenvalue weighted by atomic mass is 16.2. The van der Waals surface area contributed by atoms with Gasteiger partial charge in [0.1, 0.15) is 0 Å². The quantitative estimate of drug-likeness (QED) is 0.551. The molecule has 1 atom stereocenters. The number of hydrogen-bond donors (Lipinski definition) is 1. The highest BCUT2D eigenvalue weighted by Gasteiger charge is 2.23. The second-order valence-electron chi connectivity index (χ2n) is 2.67. The van der Waals surface area contributed by atoms with E-state index in [9.17, 15) is 4.79 Å². The van der Waals surface area contributed by atoms with Gasteiger partial charge in [0.2, 0.25) is 5.91 Å². The van der Waals surface area contributed by atoms with Crippen LogP contribution >= 0.6 is 0 Å². The minimum absolute atomic E-state index is 0.0683. The normalized spacial score (nSPS) is 27.2. The number of amides is 1. The van der Waals surface area contributed by atoms with Crippen molar-refractivity contribution < 1.29 is 4.79 Å². The molecule has 3 nitrogen and oxygen atoms in total. The van der Waals surface area contributed by atoms with Crippen molar-refractivity contribution >= 4 is 5.91 Å². The number of piperazine rings is 1. The lowest BCUT2D eigenvalue weighted by atomic mass is 10.1. The Kier molecular flexibility index (Phi) is 2.27. The van der Waals surface area contributed by atoms with Crippen LogP contribution in [0.4, 0.5) is 0 Å². The minimum atomic E-state index is 0.0683. The summed E-state index contributed by atoms with van der Waals surface area (Å²) in [4.78, 5) is 13.0. The summed E-state index contributed by atoms with van der Waals surface area (Å²) in [6.07, 6.45) is 0.892. The lowest BCUT2D eigenvalue weighted by molar-refractivity contribution is -0.134. The summed E-state index contributed by atoms with van der Waals surface area (Å²) in [5, 5.41) is 3.16. The Hall–Kier alpha value is -0.570. The van der Waals surface area contributed by atoms with E-state index in [1.807, 2.05) is 14.0 Å². The molecule has 10 heavy (non-hydrogen) atoms. The van der Waals surface area contributed by atoms with Crippen LogP contribution in [0.25, 0.3) is 0 Å². The minimum Gasteiger partial charge on any atom is -0.343 e. The van der Waals surface area contributed by atoms with Crippen LogP contribution in [-0.4, -0.2) is 37.0 Å². The molecule has 0 aromatic rings. The maximum absolute atomic E-state index is 11.2. The van der Waals surface area contributed by atoms with Crippen LogP contribution in [0.5, 0.6) is 0 Å². The number of nitrogens with one attached hydrogen (secondary N) is 1. The molecule has 0 unspecified atom stereocenters. The molecule has 0 spiro atoms. The van der Waals surface area contributed by atoms with Gasteiger partial charge in [0.25, 0.3) is 0 Å². The van der Waals surface area contributed by atoms with E-state index in [1.54, 1.807) is 4.90 Å². The standard InChI is InChI=1S/C7H14N2O/c1-3-6-7(10)9(2)5-4-8-6/h6,8H,3-5H2,1-2H3/t6-/m1/s1. The molecule has 1 aliphatic rings. The topological polar surface area (TPSA) is 32.3 Å². The lowest BCUT2D eigenvalue weighted by Crippen LogP contribution is -2.53. The van der Waals surface area contributed by atoms with Gasteiger partial charge in [-0.2, -0.15) is 0 Å². The predicted octanol–water partition coefficient (Wildman–Crippen LogP) is -0.173. The molecule has 1 heterocycles. The van der Waals surface area contributed by atoms with E-state index >= 15 is 0 Å². The van der Waals surface area contributed by atoms with Crippen molar-refractivity contribution in [3.05, 3.63) is 0 Å². The molecule has 0 radical (unpaired) electrons. The molecule has 58 valence electrons. The summed E-state index contributed by atoms with van der Waals surface area (Å²) in [6.45, 7) is 3.80. The van der Waals surface area contributed by atoms with Crippen LogP contribution in [0.15, 0.2) is 0 Å². The van der Waals surface area contributed by atoms with E-state index < -0.39 is 0 Å². The Labute approximate surface area is 61.4 Å². The number of nitrogens with zero attached hydrogens (tertiary/aromatic N) is 1. The fourth-order valence-electron chi connectivity index (χ4n) is 1.19. The first-order valence-electron chi connectivity index (χ1n) is 3.74. The summed E-state index contributed by atoms with van der Waals surface area (Å²) in [5.74, 6) is 0.230. The van der Waals surface area contributed by atoms with Crippen molar-refractivity contribution in [3.8, 4) is 0 Å². The van der Waals surface area contributed by atoms with Gasteiger partial charge < -0.3 is 10.2 Å². The molecule has 1 amide bonds. The molecule has 1 fully saturated rings. The zero-order chi connectivity index (χ0) is 7.56. The van der Waals surface area contributed by atoms with Gasteiger partial charge in [-0.25, -0.2) is 0 Å². The molecule has 3 heteroatoms. The molecule has 0 aromatic heterocycles. The van der Waals surface area contributed by atoms with Crippen LogP contribution in [0.2, 0.25) is 0 Å². The molecular formula is C7H14N2O. The molecule has 1 aliphatic heterocycles. The Balaban J connectivity index is 2.51. The number of likely N-dealkylation sites (N-methyl/N-ethyl adjacent to an activating group) is 1. The average molecular weight is 142 g/mol. The lowest BCUT2D eigenvalue weighted by Gasteiger charge is -2.29. The van der Waals surface area contributed by atoms with E-state index in [1.165, 1.54) is 0 Å². The predicted molar refractivity (Wildman–Crippen MR) is 39.7 cm³/mol. The zero-order valence-corrected chi connectivity index (χ0v) is 6.55. The molecular weight excluding hydrogens is 128 g/mol. The third kappa shape index (κ3) is 1.29. The van der Waals surface area contributed by atoms with Crippen molar-refractivity contribution in [1.29, 1.82) is 0 Å². The Morgan fingerprint density at radius 3 is 3.00 bits per heavy atom. The highest BCUT2D eigenvalue weighted by Crippen LogP contribution is 2.00. The molecule has 1 N–H and O–H groups in total. The first-order valence-corrected chi connectivity index (χ1v) is 3.74. The monoisotopic (exact) mass is 142 g/mol. The molecule has 1 saturated heterocycles. The van der Waals surface area contributed by atoms with Crippen molar-refractivity contribution in [2.45, 2.75) is 19.4 Å². The van der Waals surface area contributed by atoms with Gasteiger partial charge in [-0.15, -0.1) is 0 Å². The van der Waals surface area contributed by atoms with E-state index in [2.05, 4.69) is 5.32 Å². The second kappa shape index (κ2) is 3.01. The van der Waals surface area contributed by atoms with Gasteiger partial charge in [-0.05, 0) is 6.42 Å². The van der Waals surface area contributed by atoms with E-state index in [-0.39, 0.29) is 11.9 Å². The zero-order valence-electron chi connectivity index (χ0n) is 6.55. The van der Waals surface area contributed by atoms with Gasteiger partial charge in [-0.3, -0.25) is 4.79 Å². The van der Waals surface area contributed by atoms with Gasteiger partial charge in [0.05, 0.1) is 6.04 Å². The smallest absolute Gasteiger partial charge is 0.239 e. The van der Waals surface area contributed by atoms with Gasteiger partial charge in [0.15, 0.2) is 0 Å². The first-order chi connectivity index (χ1) is 4.75. The van der Waals surface area contributed by atoms with Crippen LogP contribution in [-0.2, 0) is 4.79 Å². The molecule has 0 aliphatic carbocycles. The van der Waals surface area contributed by atoms with Crippen molar-refractivity contribution in [2.24, 2.45) is 0 Å². The van der Waals surface area contributed by atoms with Crippen molar-refractivity contribution in [3.63, 3.8) is 0 Å². The van der Waals surface area contributed by atoms with Gasteiger partial charge >= 0.3 is 0 Å². The maximum atomic E-state index is 11.2. The Bertz CT molecular complexity index is 136. The summed E-state index contributed by atoms with van der Waals surface area (Å²) >= 11 is 0. The molecule has 0 bridgehead atoms. The third-order valence-corrected chi connectivity index (χ3v) is 1.92. The number of carbonyl (C=O) groups is 1. The largest absolute Gasteiger partial charge is 0.343 e. The second-order valence-corrected chi connectivity index (χ2v) is 2.67. The Morgan fingerprint density at radius 2 is 2.50 bits per heavy atom. The number of carbonyl (C=O) groups excluding carboxylic acids is 1. The van der Waals surface area contributed by atoms with Crippen LogP contribution < -0.4 is 5.32 Å². The first kappa shape index (κ1) is 7.54.